The summed E-state index contributed by atoms with van der Waals surface area (Å²) in [6, 6.07) is 20.4. The van der Waals surface area contributed by atoms with Gasteiger partial charge < -0.3 is 13.7 Å². The zero-order valence-electron chi connectivity index (χ0n) is 16.6. The molecular weight excluding hydrogens is 402 g/mol. The van der Waals surface area contributed by atoms with Gasteiger partial charge in [0.05, 0.1) is 10.9 Å². The standard InChI is InChI=1S/C23H21NO5S/c1-16(22-14-17-8-6-7-11-20(17)29-22)24(2)23(25)21-13-12-18(28-21)15-30(26,27)19-9-4-3-5-10-19/h3-14,16H,15H2,1-2H3. The normalized spacial score (nSPS) is 12.7. The maximum atomic E-state index is 12.9. The van der Waals surface area contributed by atoms with E-state index in [4.69, 9.17) is 8.83 Å². The molecule has 0 N–H and O–H groups in total. The van der Waals surface area contributed by atoms with Crippen LogP contribution in [0.15, 0.2) is 86.5 Å². The first-order valence-corrected chi connectivity index (χ1v) is 11.1. The van der Waals surface area contributed by atoms with E-state index < -0.39 is 9.84 Å². The zero-order chi connectivity index (χ0) is 21.3. The molecule has 7 heteroatoms. The number of carbonyl (C=O) groups is 1. The summed E-state index contributed by atoms with van der Waals surface area (Å²) in [5.41, 5.74) is 0.756. The van der Waals surface area contributed by atoms with Crippen LogP contribution in [0.3, 0.4) is 0 Å². The lowest BCUT2D eigenvalue weighted by atomic mass is 10.2. The smallest absolute Gasteiger partial charge is 0.289 e. The van der Waals surface area contributed by atoms with Crippen LogP contribution >= 0.6 is 0 Å². The first kappa shape index (κ1) is 20.0. The van der Waals surface area contributed by atoms with Crippen molar-refractivity contribution in [1.82, 2.24) is 4.90 Å². The molecule has 0 saturated heterocycles. The van der Waals surface area contributed by atoms with E-state index in [0.717, 1.165) is 11.0 Å². The topological polar surface area (TPSA) is 80.7 Å². The van der Waals surface area contributed by atoms with E-state index in [0.29, 0.717) is 5.76 Å². The lowest BCUT2D eigenvalue weighted by Crippen LogP contribution is -2.29. The molecule has 0 saturated carbocycles. The highest BCUT2D eigenvalue weighted by atomic mass is 32.2. The first-order chi connectivity index (χ1) is 14.3. The Bertz CT molecular complexity index is 1250. The molecule has 154 valence electrons. The van der Waals surface area contributed by atoms with E-state index >= 15 is 0 Å². The molecule has 4 aromatic rings. The number of hydrogen-bond acceptors (Lipinski definition) is 5. The number of rotatable bonds is 6. The molecule has 1 unspecified atom stereocenters. The molecule has 0 aliphatic heterocycles. The largest absolute Gasteiger partial charge is 0.459 e. The van der Waals surface area contributed by atoms with Crippen molar-refractivity contribution in [2.75, 3.05) is 7.05 Å². The molecule has 0 fully saturated rings. The summed E-state index contributed by atoms with van der Waals surface area (Å²) in [5.74, 6) is 0.287. The Kier molecular flexibility index (Phi) is 5.22. The van der Waals surface area contributed by atoms with Crippen molar-refractivity contribution >= 4 is 26.7 Å². The summed E-state index contributed by atoms with van der Waals surface area (Å²) in [6.07, 6.45) is 0. The van der Waals surface area contributed by atoms with Crippen LogP contribution in [0.4, 0.5) is 0 Å². The summed E-state index contributed by atoms with van der Waals surface area (Å²) < 4.78 is 36.5. The molecule has 4 rings (SSSR count). The second kappa shape index (κ2) is 7.84. The fourth-order valence-corrected chi connectivity index (χ4v) is 4.49. The summed E-state index contributed by atoms with van der Waals surface area (Å²) >= 11 is 0. The molecule has 2 aromatic heterocycles. The number of para-hydroxylation sites is 1. The number of sulfone groups is 1. The van der Waals surface area contributed by atoms with E-state index in [-0.39, 0.29) is 34.1 Å². The van der Waals surface area contributed by atoms with Crippen molar-refractivity contribution in [1.29, 1.82) is 0 Å². The van der Waals surface area contributed by atoms with Crippen LogP contribution in [0.2, 0.25) is 0 Å². The molecule has 6 nitrogen and oxygen atoms in total. The highest BCUT2D eigenvalue weighted by molar-refractivity contribution is 7.90. The summed E-state index contributed by atoms with van der Waals surface area (Å²) in [7, 11) is -1.90. The molecule has 0 spiro atoms. The second-order valence-electron chi connectivity index (χ2n) is 7.12. The molecule has 2 aromatic carbocycles. The molecule has 0 aliphatic rings. The van der Waals surface area contributed by atoms with Crippen molar-refractivity contribution < 1.29 is 22.0 Å². The van der Waals surface area contributed by atoms with Crippen molar-refractivity contribution in [3.05, 3.63) is 90.1 Å². The van der Waals surface area contributed by atoms with Gasteiger partial charge in [0, 0.05) is 12.4 Å². The number of benzene rings is 2. The number of amides is 1. The van der Waals surface area contributed by atoms with Crippen LogP contribution in [0.25, 0.3) is 11.0 Å². The van der Waals surface area contributed by atoms with Crippen LogP contribution in [0, 0.1) is 0 Å². The molecule has 0 bridgehead atoms. The lowest BCUT2D eigenvalue weighted by Gasteiger charge is -2.22. The van der Waals surface area contributed by atoms with Gasteiger partial charge in [0.15, 0.2) is 15.6 Å². The van der Waals surface area contributed by atoms with Gasteiger partial charge in [-0.15, -0.1) is 0 Å². The van der Waals surface area contributed by atoms with Crippen LogP contribution < -0.4 is 0 Å². The number of fused-ring (bicyclic) bond motifs is 1. The van der Waals surface area contributed by atoms with Gasteiger partial charge in [-0.3, -0.25) is 4.79 Å². The summed E-state index contributed by atoms with van der Waals surface area (Å²) in [6.45, 7) is 1.86. The van der Waals surface area contributed by atoms with E-state index in [2.05, 4.69) is 0 Å². The van der Waals surface area contributed by atoms with Crippen LogP contribution in [-0.2, 0) is 15.6 Å². The number of nitrogens with zero attached hydrogens (tertiary/aromatic N) is 1. The molecule has 1 atom stereocenters. The molecular formula is C23H21NO5S. The Morgan fingerprint density at radius 3 is 2.40 bits per heavy atom. The maximum Gasteiger partial charge on any atom is 0.289 e. The van der Waals surface area contributed by atoms with Gasteiger partial charge in [0.1, 0.15) is 22.9 Å². The van der Waals surface area contributed by atoms with Crippen LogP contribution in [0.5, 0.6) is 0 Å². The third-order valence-electron chi connectivity index (χ3n) is 5.06. The number of furan rings is 2. The second-order valence-corrected chi connectivity index (χ2v) is 9.11. The van der Waals surface area contributed by atoms with Gasteiger partial charge in [-0.1, -0.05) is 36.4 Å². The minimum absolute atomic E-state index is 0.0822. The Morgan fingerprint density at radius 1 is 0.967 bits per heavy atom. The van der Waals surface area contributed by atoms with E-state index in [1.807, 2.05) is 37.3 Å². The Labute approximate surface area is 174 Å². The van der Waals surface area contributed by atoms with Gasteiger partial charge in [-0.25, -0.2) is 8.42 Å². The Morgan fingerprint density at radius 2 is 1.67 bits per heavy atom. The molecule has 0 radical (unpaired) electrons. The van der Waals surface area contributed by atoms with E-state index in [9.17, 15) is 13.2 Å². The molecule has 0 aliphatic carbocycles. The van der Waals surface area contributed by atoms with Crippen molar-refractivity contribution in [3.63, 3.8) is 0 Å². The Hall–Kier alpha value is -3.32. The predicted molar refractivity (Wildman–Crippen MR) is 113 cm³/mol. The summed E-state index contributed by atoms with van der Waals surface area (Å²) in [5, 5.41) is 0.964. The maximum absolute atomic E-state index is 12.9. The number of hydrogen-bond donors (Lipinski definition) is 0. The first-order valence-electron chi connectivity index (χ1n) is 9.47. The fourth-order valence-electron chi connectivity index (χ4n) is 3.22. The lowest BCUT2D eigenvalue weighted by molar-refractivity contribution is 0.0693. The minimum atomic E-state index is -3.55. The minimum Gasteiger partial charge on any atom is -0.459 e. The quantitative estimate of drug-likeness (QED) is 0.444. The van der Waals surface area contributed by atoms with Gasteiger partial charge in [0.25, 0.3) is 5.91 Å². The third-order valence-corrected chi connectivity index (χ3v) is 6.72. The highest BCUT2D eigenvalue weighted by Crippen LogP contribution is 2.28. The average molecular weight is 423 g/mol. The predicted octanol–water partition coefficient (Wildman–Crippen LogP) is 4.83. The van der Waals surface area contributed by atoms with Crippen molar-refractivity contribution in [3.8, 4) is 0 Å². The van der Waals surface area contributed by atoms with Gasteiger partial charge in [0.2, 0.25) is 0 Å². The Balaban J connectivity index is 1.50. The van der Waals surface area contributed by atoms with Gasteiger partial charge in [-0.2, -0.15) is 0 Å². The highest BCUT2D eigenvalue weighted by Gasteiger charge is 2.25. The number of carbonyl (C=O) groups excluding carboxylic acids is 1. The fraction of sp³-hybridized carbons (Fsp3) is 0.174. The third kappa shape index (κ3) is 3.89. The SMILES string of the molecule is CC(c1cc2ccccc2o1)N(C)C(=O)c1ccc(CS(=O)(=O)c2ccccc2)o1. The molecule has 1 amide bonds. The zero-order valence-corrected chi connectivity index (χ0v) is 17.4. The monoisotopic (exact) mass is 423 g/mol. The van der Waals surface area contributed by atoms with E-state index in [1.54, 1.807) is 25.2 Å². The van der Waals surface area contributed by atoms with Crippen LogP contribution in [-0.4, -0.2) is 26.3 Å². The summed E-state index contributed by atoms with van der Waals surface area (Å²) in [4.78, 5) is 14.6. The van der Waals surface area contributed by atoms with Gasteiger partial charge in [-0.05, 0) is 43.3 Å². The molecule has 2 heterocycles. The molecule has 30 heavy (non-hydrogen) atoms. The van der Waals surface area contributed by atoms with E-state index in [1.165, 1.54) is 29.2 Å². The van der Waals surface area contributed by atoms with Crippen LogP contribution in [0.1, 0.15) is 35.0 Å². The van der Waals surface area contributed by atoms with Crippen molar-refractivity contribution in [2.45, 2.75) is 23.6 Å². The average Bonchev–Trinajstić information content (AvgIpc) is 3.39. The van der Waals surface area contributed by atoms with Crippen molar-refractivity contribution in [2.24, 2.45) is 0 Å². The van der Waals surface area contributed by atoms with Gasteiger partial charge >= 0.3 is 0 Å².